The zero-order valence-corrected chi connectivity index (χ0v) is 13.1. The van der Waals surface area contributed by atoms with E-state index in [1.54, 1.807) is 0 Å². The first-order chi connectivity index (χ1) is 10.4. The van der Waals surface area contributed by atoms with E-state index in [4.69, 9.17) is 9.47 Å². The molecule has 4 nitrogen and oxygen atoms in total. The van der Waals surface area contributed by atoms with Crippen LogP contribution < -0.4 is 0 Å². The molecule has 0 fully saturated rings. The highest BCUT2D eigenvalue weighted by Crippen LogP contribution is 2.43. The van der Waals surface area contributed by atoms with Crippen LogP contribution in [-0.4, -0.2) is 11.9 Å². The number of carbonyl (C=O) groups is 2. The molecule has 0 amide bonds. The molecule has 1 aromatic carbocycles. The van der Waals surface area contributed by atoms with Gasteiger partial charge in [-0.05, 0) is 37.5 Å². The summed E-state index contributed by atoms with van der Waals surface area (Å²) in [4.78, 5) is 22.8. The van der Waals surface area contributed by atoms with Crippen LogP contribution >= 0.6 is 0 Å². The van der Waals surface area contributed by atoms with Gasteiger partial charge in [0.05, 0.1) is 5.41 Å². The molecule has 4 heteroatoms. The van der Waals surface area contributed by atoms with Crippen molar-refractivity contribution in [2.45, 2.75) is 33.6 Å². The average Bonchev–Trinajstić information content (AvgIpc) is 2.44. The second-order valence-electron chi connectivity index (χ2n) is 5.55. The Hall–Kier alpha value is -2.36. The first-order valence-corrected chi connectivity index (χ1v) is 7.24. The van der Waals surface area contributed by atoms with Gasteiger partial charge < -0.3 is 9.47 Å². The fraction of sp³-hybridized carbons (Fsp3) is 0.333. The summed E-state index contributed by atoms with van der Waals surface area (Å²) < 4.78 is 10.8. The second kappa shape index (κ2) is 6.60. The van der Waals surface area contributed by atoms with Gasteiger partial charge in [-0.2, -0.15) is 0 Å². The lowest BCUT2D eigenvalue weighted by atomic mass is 9.76. The average molecular weight is 300 g/mol. The first-order valence-electron chi connectivity index (χ1n) is 7.24. The maximum atomic E-state index is 11.4. The molecule has 0 radical (unpaired) electrons. The molecule has 0 bridgehead atoms. The summed E-state index contributed by atoms with van der Waals surface area (Å²) >= 11 is 0. The van der Waals surface area contributed by atoms with E-state index in [0.29, 0.717) is 24.4 Å². The Kier molecular flexibility index (Phi) is 4.81. The summed E-state index contributed by atoms with van der Waals surface area (Å²) in [5.41, 5.74) is 0.389. The van der Waals surface area contributed by atoms with Crippen LogP contribution in [0.15, 0.2) is 54.0 Å². The Bertz CT molecular complexity index is 594. The minimum absolute atomic E-state index is 0.380. The molecule has 116 valence electrons. The Morgan fingerprint density at radius 2 is 1.50 bits per heavy atom. The van der Waals surface area contributed by atoms with Crippen LogP contribution in [0.3, 0.4) is 0 Å². The molecule has 0 aliphatic heterocycles. The van der Waals surface area contributed by atoms with Gasteiger partial charge in [-0.3, -0.25) is 9.59 Å². The van der Waals surface area contributed by atoms with E-state index in [0.717, 1.165) is 5.56 Å². The topological polar surface area (TPSA) is 52.6 Å². The van der Waals surface area contributed by atoms with E-state index < -0.39 is 5.41 Å². The largest absolute Gasteiger partial charge is 0.431 e. The minimum atomic E-state index is -0.684. The summed E-state index contributed by atoms with van der Waals surface area (Å²) in [5.74, 6) is 0.300. The number of hydrogen-bond acceptors (Lipinski definition) is 4. The first kappa shape index (κ1) is 16.0. The van der Waals surface area contributed by atoms with Crippen molar-refractivity contribution in [3.8, 4) is 0 Å². The van der Waals surface area contributed by atoms with Crippen LogP contribution in [0.25, 0.3) is 0 Å². The molecule has 0 unspecified atom stereocenters. The highest BCUT2D eigenvalue weighted by Gasteiger charge is 2.40. The van der Waals surface area contributed by atoms with Crippen molar-refractivity contribution in [1.29, 1.82) is 0 Å². The van der Waals surface area contributed by atoms with Crippen molar-refractivity contribution in [2.24, 2.45) is 5.41 Å². The SMILES string of the molecule is CC(=O)OC1=CCC=C(OC(C)=O)C1(C)Cc1ccccc1. The molecule has 1 aliphatic carbocycles. The van der Waals surface area contributed by atoms with Crippen molar-refractivity contribution < 1.29 is 19.1 Å². The van der Waals surface area contributed by atoms with Crippen LogP contribution in [0.4, 0.5) is 0 Å². The third kappa shape index (κ3) is 3.64. The third-order valence-corrected chi connectivity index (χ3v) is 3.60. The van der Waals surface area contributed by atoms with Gasteiger partial charge in [-0.25, -0.2) is 0 Å². The van der Waals surface area contributed by atoms with Crippen molar-refractivity contribution >= 4 is 11.9 Å². The predicted octanol–water partition coefficient (Wildman–Crippen LogP) is 3.53. The van der Waals surface area contributed by atoms with Crippen LogP contribution in [0.1, 0.15) is 32.8 Å². The smallest absolute Gasteiger partial charge is 0.307 e. The molecule has 1 aromatic rings. The second-order valence-corrected chi connectivity index (χ2v) is 5.55. The Labute approximate surface area is 130 Å². The predicted molar refractivity (Wildman–Crippen MR) is 82.6 cm³/mol. The number of carbonyl (C=O) groups excluding carboxylic acids is 2. The molecule has 0 N–H and O–H groups in total. The van der Waals surface area contributed by atoms with Gasteiger partial charge in [0, 0.05) is 13.8 Å². The maximum Gasteiger partial charge on any atom is 0.307 e. The number of esters is 2. The molecule has 0 heterocycles. The van der Waals surface area contributed by atoms with Gasteiger partial charge in [0.1, 0.15) is 11.5 Å². The third-order valence-electron chi connectivity index (χ3n) is 3.60. The van der Waals surface area contributed by atoms with E-state index in [2.05, 4.69) is 0 Å². The zero-order chi connectivity index (χ0) is 16.2. The summed E-state index contributed by atoms with van der Waals surface area (Å²) in [6.07, 6.45) is 4.86. The number of benzene rings is 1. The Morgan fingerprint density at radius 1 is 1.00 bits per heavy atom. The standard InChI is InChI=1S/C18H20O4/c1-13(19)21-16-10-7-11-17(22-14(2)20)18(16,3)12-15-8-5-4-6-9-15/h4-6,8-11H,7,12H2,1-3H3. The molecular weight excluding hydrogens is 280 g/mol. The number of ether oxygens (including phenoxy) is 2. The fourth-order valence-corrected chi connectivity index (χ4v) is 2.64. The fourth-order valence-electron chi connectivity index (χ4n) is 2.64. The molecular formula is C18H20O4. The molecule has 0 spiro atoms. The Morgan fingerprint density at radius 3 is 1.95 bits per heavy atom. The molecule has 22 heavy (non-hydrogen) atoms. The summed E-state index contributed by atoms with van der Waals surface area (Å²) in [7, 11) is 0. The van der Waals surface area contributed by atoms with Crippen LogP contribution in [0.5, 0.6) is 0 Å². The van der Waals surface area contributed by atoms with Gasteiger partial charge in [-0.15, -0.1) is 0 Å². The van der Waals surface area contributed by atoms with Crippen LogP contribution in [-0.2, 0) is 25.5 Å². The highest BCUT2D eigenvalue weighted by molar-refractivity contribution is 5.69. The van der Waals surface area contributed by atoms with Crippen molar-refractivity contribution in [2.75, 3.05) is 0 Å². The molecule has 0 saturated carbocycles. The summed E-state index contributed by atoms with van der Waals surface area (Å²) in [5, 5.41) is 0. The van der Waals surface area contributed by atoms with E-state index in [-0.39, 0.29) is 11.9 Å². The van der Waals surface area contributed by atoms with Crippen molar-refractivity contribution in [1.82, 2.24) is 0 Å². The lowest BCUT2D eigenvalue weighted by molar-refractivity contribution is -0.140. The molecule has 0 aromatic heterocycles. The van der Waals surface area contributed by atoms with Gasteiger partial charge in [0.2, 0.25) is 0 Å². The van der Waals surface area contributed by atoms with Crippen LogP contribution in [0, 0.1) is 5.41 Å². The van der Waals surface area contributed by atoms with Gasteiger partial charge in [-0.1, -0.05) is 30.3 Å². The van der Waals surface area contributed by atoms with Crippen molar-refractivity contribution in [3.63, 3.8) is 0 Å². The Balaban J connectivity index is 2.37. The highest BCUT2D eigenvalue weighted by atomic mass is 16.6. The van der Waals surface area contributed by atoms with Gasteiger partial charge >= 0.3 is 11.9 Å². The lowest BCUT2D eigenvalue weighted by Crippen LogP contribution is -2.31. The molecule has 1 aliphatic rings. The number of hydrogen-bond donors (Lipinski definition) is 0. The number of allylic oxidation sites excluding steroid dienone is 2. The summed E-state index contributed by atoms with van der Waals surface area (Å²) in [6, 6.07) is 9.84. The number of rotatable bonds is 4. The lowest BCUT2D eigenvalue weighted by Gasteiger charge is -2.35. The van der Waals surface area contributed by atoms with E-state index in [1.807, 2.05) is 49.4 Å². The van der Waals surface area contributed by atoms with E-state index in [9.17, 15) is 9.59 Å². The van der Waals surface area contributed by atoms with E-state index >= 15 is 0 Å². The van der Waals surface area contributed by atoms with E-state index in [1.165, 1.54) is 13.8 Å². The molecule has 0 saturated heterocycles. The summed E-state index contributed by atoms with van der Waals surface area (Å²) in [6.45, 7) is 4.66. The van der Waals surface area contributed by atoms with Crippen LogP contribution in [0.2, 0.25) is 0 Å². The normalized spacial score (nSPS) is 16.3. The monoisotopic (exact) mass is 300 g/mol. The maximum absolute atomic E-state index is 11.4. The molecule has 2 rings (SSSR count). The van der Waals surface area contributed by atoms with Gasteiger partial charge in [0.15, 0.2) is 0 Å². The van der Waals surface area contributed by atoms with Gasteiger partial charge in [0.25, 0.3) is 0 Å². The quantitative estimate of drug-likeness (QED) is 0.798. The molecule has 0 atom stereocenters. The zero-order valence-electron chi connectivity index (χ0n) is 13.1. The minimum Gasteiger partial charge on any atom is -0.431 e. The van der Waals surface area contributed by atoms with Crippen molar-refractivity contribution in [3.05, 3.63) is 59.6 Å².